The second-order valence-corrected chi connectivity index (χ2v) is 25.9. The van der Waals surface area contributed by atoms with Crippen molar-refractivity contribution < 1.29 is 47.7 Å². The van der Waals surface area contributed by atoms with E-state index in [1.54, 1.807) is 41.5 Å². The Labute approximate surface area is 377 Å². The van der Waals surface area contributed by atoms with Crippen LogP contribution >= 0.6 is 0 Å². The van der Waals surface area contributed by atoms with Crippen molar-refractivity contribution in [2.24, 2.45) is 0 Å². The number of aliphatic hydroxyl groups excluding tert-OH is 1. The molecular weight excluding hydrogens is 821 g/mol. The minimum Gasteiger partial charge on any atom is -0.444 e. The van der Waals surface area contributed by atoms with Gasteiger partial charge in [-0.25, -0.2) is 19.2 Å². The van der Waals surface area contributed by atoms with Gasteiger partial charge in [0, 0.05) is 6.10 Å². The van der Waals surface area contributed by atoms with Gasteiger partial charge in [0.2, 0.25) is 0 Å². The first-order chi connectivity index (χ1) is 28.9. The topological polar surface area (TPSA) is 183 Å². The number of carbonyl (C=O) groups excluding carboxylic acids is 4. The molecule has 2 aliphatic carbocycles. The van der Waals surface area contributed by atoms with Crippen LogP contribution in [0.2, 0.25) is 5.04 Å². The highest BCUT2D eigenvalue weighted by Gasteiger charge is 2.52. The maximum absolute atomic E-state index is 12.9. The normalized spacial score (nSPS) is 22.2. The van der Waals surface area contributed by atoms with E-state index in [2.05, 4.69) is 90.6 Å². The van der Waals surface area contributed by atoms with E-state index in [0.29, 0.717) is 32.1 Å². The Bertz CT molecular complexity index is 1740. The number of benzene rings is 2. The summed E-state index contributed by atoms with van der Waals surface area (Å²) in [5, 5.41) is 23.6. The molecule has 2 fully saturated rings. The highest BCUT2D eigenvalue weighted by molar-refractivity contribution is 6.99. The van der Waals surface area contributed by atoms with Crippen molar-refractivity contribution in [3.8, 4) is 0 Å². The molecule has 4 amide bonds. The van der Waals surface area contributed by atoms with Crippen LogP contribution in [-0.2, 0) is 23.4 Å². The average molecular weight is 899 g/mol. The summed E-state index contributed by atoms with van der Waals surface area (Å²) in [4.78, 5) is 49.4. The Morgan fingerprint density at radius 2 is 0.794 bits per heavy atom. The third-order valence-electron chi connectivity index (χ3n) is 10.2. The first-order valence-electron chi connectivity index (χ1n) is 22.3. The van der Waals surface area contributed by atoms with Gasteiger partial charge in [-0.1, -0.05) is 81.4 Å². The molecule has 2 aromatic rings. The maximum atomic E-state index is 12.9. The predicted molar refractivity (Wildman–Crippen MR) is 249 cm³/mol. The molecule has 2 unspecified atom stereocenters. The van der Waals surface area contributed by atoms with Gasteiger partial charge in [0.25, 0.3) is 8.32 Å². The number of nitrogens with one attached hydrogen (secondary N) is 4. The quantitative estimate of drug-likeness (QED) is 0.128. The lowest BCUT2D eigenvalue weighted by Gasteiger charge is -2.47. The van der Waals surface area contributed by atoms with Gasteiger partial charge in [0.05, 0.1) is 30.3 Å². The smallest absolute Gasteiger partial charge is 0.407 e. The molecule has 2 aliphatic rings. The van der Waals surface area contributed by atoms with Crippen molar-refractivity contribution in [3.05, 3.63) is 60.7 Å². The van der Waals surface area contributed by atoms with Crippen LogP contribution in [-0.4, -0.2) is 96.6 Å². The fourth-order valence-corrected chi connectivity index (χ4v) is 12.6. The molecule has 14 nitrogen and oxygen atoms in total. The molecule has 0 saturated heterocycles. The molecule has 0 heterocycles. The van der Waals surface area contributed by atoms with Gasteiger partial charge >= 0.3 is 24.4 Å². The van der Waals surface area contributed by atoms with Crippen molar-refractivity contribution in [2.45, 2.75) is 206 Å². The summed E-state index contributed by atoms with van der Waals surface area (Å²) in [7, 11) is -2.79. The number of hydrogen-bond acceptors (Lipinski definition) is 10. The van der Waals surface area contributed by atoms with Crippen LogP contribution in [0.5, 0.6) is 0 Å². The van der Waals surface area contributed by atoms with E-state index in [1.807, 2.05) is 53.7 Å². The lowest BCUT2D eigenvalue weighted by atomic mass is 9.88. The van der Waals surface area contributed by atoms with E-state index in [4.69, 9.17) is 23.4 Å². The van der Waals surface area contributed by atoms with Crippen LogP contribution in [0.3, 0.4) is 0 Å². The van der Waals surface area contributed by atoms with Crippen LogP contribution in [0.4, 0.5) is 19.2 Å². The van der Waals surface area contributed by atoms with E-state index in [-0.39, 0.29) is 29.3 Å². The Morgan fingerprint density at radius 1 is 0.476 bits per heavy atom. The van der Waals surface area contributed by atoms with Crippen LogP contribution in [0.25, 0.3) is 0 Å². The Morgan fingerprint density at radius 3 is 1.13 bits per heavy atom. The summed E-state index contributed by atoms with van der Waals surface area (Å²) < 4.78 is 28.9. The van der Waals surface area contributed by atoms with E-state index < -0.39 is 67.2 Å². The van der Waals surface area contributed by atoms with Gasteiger partial charge in [-0.3, -0.25) is 0 Å². The van der Waals surface area contributed by atoms with E-state index in [1.165, 1.54) is 10.4 Å². The number of aliphatic hydroxyl groups is 1. The SMILES string of the molecule is CC(C)(C)OC(=O)N[C@H]1CCC(O)C[C@H]1NC(=O)OC(C)(C)C.CC(C)(C)OC(=O)N[C@H]1CCC(O[Si](c2ccccc2)(c2ccccc2)C(C)(C)C)C[C@H]1NC(=O)OC(C)(C)C. The zero-order valence-corrected chi connectivity index (χ0v) is 41.6. The maximum Gasteiger partial charge on any atom is 0.407 e. The first kappa shape index (κ1) is 53.0. The molecule has 63 heavy (non-hydrogen) atoms. The van der Waals surface area contributed by atoms with Gasteiger partial charge in [-0.05, 0) is 137 Å². The molecule has 0 radical (unpaired) electrons. The summed E-state index contributed by atoms with van der Waals surface area (Å²) >= 11 is 0. The first-order valence-corrected chi connectivity index (χ1v) is 24.2. The molecular formula is C48H78N4O10Si. The van der Waals surface area contributed by atoms with E-state index in [9.17, 15) is 24.3 Å². The molecule has 5 N–H and O–H groups in total. The lowest BCUT2D eigenvalue weighted by Crippen LogP contribution is -2.68. The van der Waals surface area contributed by atoms with Gasteiger partial charge in [-0.2, -0.15) is 0 Å². The van der Waals surface area contributed by atoms with Crippen LogP contribution < -0.4 is 31.6 Å². The molecule has 4 rings (SSSR count). The second kappa shape index (κ2) is 21.6. The van der Waals surface area contributed by atoms with Gasteiger partial charge in [0.15, 0.2) is 0 Å². The number of amides is 4. The minimum atomic E-state index is -2.79. The van der Waals surface area contributed by atoms with Gasteiger partial charge in [0.1, 0.15) is 22.4 Å². The highest BCUT2D eigenvalue weighted by Crippen LogP contribution is 2.39. The van der Waals surface area contributed by atoms with Crippen molar-refractivity contribution >= 4 is 43.1 Å². The summed E-state index contributed by atoms with van der Waals surface area (Å²) in [6.07, 6.45) is 0.620. The van der Waals surface area contributed by atoms with Gasteiger partial charge in [-0.15, -0.1) is 0 Å². The molecule has 0 aromatic heterocycles. The Kier molecular flexibility index (Phi) is 18.1. The third-order valence-corrected chi connectivity index (χ3v) is 15.3. The monoisotopic (exact) mass is 899 g/mol. The standard InChI is InChI=1S/C32H48N2O5Si.C16H30N2O5/c1-30(2,3)37-28(35)33-26-21-20-23(22-27(26)34-29(36)38-31(4,5)6)39-40(32(7,8)9,24-16-12-10-13-17-24)25-18-14-11-15-19-25;1-15(2,3)22-13(20)17-11-8-7-10(19)9-12(11)18-14(21)23-16(4,5)6/h10-19,23,26-27H,20-22H2,1-9H3,(H,33,35)(H,34,36);10-12,19H,7-9H2,1-6H3,(H,17,20)(H,18,21)/t23?,26-,27+;10?,11-,12+/m00/s1. The molecule has 2 aromatic carbocycles. The largest absolute Gasteiger partial charge is 0.444 e. The van der Waals surface area contributed by atoms with Gasteiger partial charge < -0.3 is 49.7 Å². The second-order valence-electron chi connectivity index (χ2n) is 21.7. The fourth-order valence-electron chi connectivity index (χ4n) is 7.83. The van der Waals surface area contributed by atoms with Crippen molar-refractivity contribution in [1.82, 2.24) is 21.3 Å². The zero-order chi connectivity index (χ0) is 47.6. The number of alkyl carbamates (subject to hydrolysis) is 4. The fraction of sp³-hybridized carbons (Fsp3) is 0.667. The molecule has 0 spiro atoms. The molecule has 6 atom stereocenters. The molecule has 354 valence electrons. The number of ether oxygens (including phenoxy) is 4. The predicted octanol–water partition coefficient (Wildman–Crippen LogP) is 8.22. The summed E-state index contributed by atoms with van der Waals surface area (Å²) in [6, 6.07) is 19.7. The van der Waals surface area contributed by atoms with Crippen molar-refractivity contribution in [3.63, 3.8) is 0 Å². The Balaban J connectivity index is 0.000000390. The minimum absolute atomic E-state index is 0.136. The van der Waals surface area contributed by atoms with E-state index in [0.717, 1.165) is 6.42 Å². The Hall–Kier alpha value is -4.34. The van der Waals surface area contributed by atoms with Crippen molar-refractivity contribution in [1.29, 1.82) is 0 Å². The third kappa shape index (κ3) is 18.0. The summed E-state index contributed by atoms with van der Waals surface area (Å²) in [6.45, 7) is 28.4. The molecule has 2 saturated carbocycles. The van der Waals surface area contributed by atoms with Crippen LogP contribution in [0.15, 0.2) is 60.7 Å². The zero-order valence-electron chi connectivity index (χ0n) is 40.6. The van der Waals surface area contributed by atoms with Crippen LogP contribution in [0.1, 0.15) is 142 Å². The average Bonchev–Trinajstić information content (AvgIpc) is 3.10. The summed E-state index contributed by atoms with van der Waals surface area (Å²) in [5.41, 5.74) is -2.46. The molecule has 0 aliphatic heterocycles. The van der Waals surface area contributed by atoms with E-state index >= 15 is 0 Å². The molecule has 0 bridgehead atoms. The van der Waals surface area contributed by atoms with Crippen LogP contribution in [0, 0.1) is 0 Å². The van der Waals surface area contributed by atoms with Crippen molar-refractivity contribution in [2.75, 3.05) is 0 Å². The number of carbonyl (C=O) groups is 4. The molecule has 15 heteroatoms. The number of rotatable bonds is 8. The lowest BCUT2D eigenvalue weighted by molar-refractivity contribution is 0.0325. The summed E-state index contributed by atoms with van der Waals surface area (Å²) in [5.74, 6) is 0. The number of hydrogen-bond donors (Lipinski definition) is 5. The highest BCUT2D eigenvalue weighted by atomic mass is 28.4.